The standard InChI is InChI=1S/C19H27N3O2/c1-13-10-16(13)18(24)21-19(8-9-19)12-20-17(23)15-6-4-14(5-7-15)11-22(2)3/h4-7,13,16H,8-12H2,1-3H3,(H,20,23)(H,21,24). The predicted molar refractivity (Wildman–Crippen MR) is 93.5 cm³/mol. The van der Waals surface area contributed by atoms with Crippen molar-refractivity contribution in [2.75, 3.05) is 20.6 Å². The first-order valence-electron chi connectivity index (χ1n) is 8.72. The fourth-order valence-electron chi connectivity index (χ4n) is 3.02. The van der Waals surface area contributed by atoms with E-state index in [9.17, 15) is 9.59 Å². The van der Waals surface area contributed by atoms with E-state index < -0.39 is 0 Å². The van der Waals surface area contributed by atoms with E-state index in [0.29, 0.717) is 18.0 Å². The molecule has 0 aromatic heterocycles. The maximum Gasteiger partial charge on any atom is 0.251 e. The highest BCUT2D eigenvalue weighted by molar-refractivity contribution is 5.94. The van der Waals surface area contributed by atoms with Crippen LogP contribution in [-0.4, -0.2) is 42.9 Å². The van der Waals surface area contributed by atoms with Gasteiger partial charge in [0.15, 0.2) is 0 Å². The molecule has 0 aliphatic heterocycles. The molecule has 0 heterocycles. The molecule has 1 aromatic rings. The minimum absolute atomic E-state index is 0.0771. The van der Waals surface area contributed by atoms with Crippen LogP contribution in [0.1, 0.15) is 42.1 Å². The summed E-state index contributed by atoms with van der Waals surface area (Å²) in [7, 11) is 4.04. The second-order valence-corrected chi connectivity index (χ2v) is 7.71. The third-order valence-corrected chi connectivity index (χ3v) is 4.99. The van der Waals surface area contributed by atoms with Gasteiger partial charge in [0.05, 0.1) is 5.54 Å². The Morgan fingerprint density at radius 3 is 2.33 bits per heavy atom. The lowest BCUT2D eigenvalue weighted by atomic mass is 10.1. The maximum absolute atomic E-state index is 12.3. The Labute approximate surface area is 143 Å². The van der Waals surface area contributed by atoms with Crippen molar-refractivity contribution in [3.8, 4) is 0 Å². The van der Waals surface area contributed by atoms with Crippen molar-refractivity contribution >= 4 is 11.8 Å². The second kappa shape index (κ2) is 6.55. The Bertz CT molecular complexity index is 620. The zero-order valence-electron chi connectivity index (χ0n) is 14.8. The van der Waals surface area contributed by atoms with Gasteiger partial charge in [0.25, 0.3) is 5.91 Å². The zero-order chi connectivity index (χ0) is 17.3. The molecule has 2 saturated carbocycles. The third kappa shape index (κ3) is 4.15. The summed E-state index contributed by atoms with van der Waals surface area (Å²) in [6.45, 7) is 3.47. The van der Waals surface area contributed by atoms with Crippen LogP contribution in [-0.2, 0) is 11.3 Å². The molecule has 24 heavy (non-hydrogen) atoms. The molecule has 2 fully saturated rings. The van der Waals surface area contributed by atoms with Crippen LogP contribution in [0, 0.1) is 11.8 Å². The van der Waals surface area contributed by atoms with Gasteiger partial charge in [0, 0.05) is 24.6 Å². The van der Waals surface area contributed by atoms with E-state index in [4.69, 9.17) is 0 Å². The molecule has 0 bridgehead atoms. The minimum atomic E-state index is -0.208. The van der Waals surface area contributed by atoms with Crippen molar-refractivity contribution in [1.29, 1.82) is 0 Å². The van der Waals surface area contributed by atoms with Gasteiger partial charge in [-0.1, -0.05) is 19.1 Å². The van der Waals surface area contributed by atoms with E-state index >= 15 is 0 Å². The fourth-order valence-corrected chi connectivity index (χ4v) is 3.02. The van der Waals surface area contributed by atoms with E-state index in [2.05, 4.69) is 22.5 Å². The number of rotatable bonds is 7. The molecule has 2 unspecified atom stereocenters. The van der Waals surface area contributed by atoms with E-state index in [1.807, 2.05) is 38.4 Å². The summed E-state index contributed by atoms with van der Waals surface area (Å²) in [5, 5.41) is 6.11. The lowest BCUT2D eigenvalue weighted by Gasteiger charge is -2.18. The molecule has 5 nitrogen and oxygen atoms in total. The van der Waals surface area contributed by atoms with Crippen molar-refractivity contribution in [1.82, 2.24) is 15.5 Å². The van der Waals surface area contributed by atoms with E-state index in [1.54, 1.807) is 0 Å². The minimum Gasteiger partial charge on any atom is -0.350 e. The topological polar surface area (TPSA) is 61.4 Å². The van der Waals surface area contributed by atoms with Crippen molar-refractivity contribution < 1.29 is 9.59 Å². The Hall–Kier alpha value is -1.88. The number of nitrogens with zero attached hydrogens (tertiary/aromatic N) is 1. The average molecular weight is 329 g/mol. The van der Waals surface area contributed by atoms with Crippen LogP contribution in [0.3, 0.4) is 0 Å². The summed E-state index contributed by atoms with van der Waals surface area (Å²) < 4.78 is 0. The zero-order valence-corrected chi connectivity index (χ0v) is 14.8. The highest BCUT2D eigenvalue weighted by Gasteiger charge is 2.48. The molecule has 1 aromatic carbocycles. The van der Waals surface area contributed by atoms with Crippen LogP contribution in [0.4, 0.5) is 0 Å². The number of carbonyl (C=O) groups is 2. The SMILES string of the molecule is CC1CC1C(=O)NC1(CNC(=O)c2ccc(CN(C)C)cc2)CC1. The van der Waals surface area contributed by atoms with Gasteiger partial charge in [0.1, 0.15) is 0 Å². The summed E-state index contributed by atoms with van der Waals surface area (Å²) in [4.78, 5) is 26.5. The largest absolute Gasteiger partial charge is 0.350 e. The molecule has 5 heteroatoms. The first-order chi connectivity index (χ1) is 11.4. The van der Waals surface area contributed by atoms with Gasteiger partial charge >= 0.3 is 0 Å². The molecule has 3 rings (SSSR count). The molecule has 2 aliphatic rings. The summed E-state index contributed by atoms with van der Waals surface area (Å²) in [6.07, 6.45) is 2.89. The monoisotopic (exact) mass is 329 g/mol. The fraction of sp³-hybridized carbons (Fsp3) is 0.579. The van der Waals surface area contributed by atoms with E-state index in [0.717, 1.165) is 25.8 Å². The van der Waals surface area contributed by atoms with Gasteiger partial charge in [-0.3, -0.25) is 9.59 Å². The van der Waals surface area contributed by atoms with Gasteiger partial charge in [0.2, 0.25) is 5.91 Å². The van der Waals surface area contributed by atoms with Crippen molar-refractivity contribution in [2.24, 2.45) is 11.8 Å². The van der Waals surface area contributed by atoms with Crippen LogP contribution in [0.2, 0.25) is 0 Å². The number of carbonyl (C=O) groups excluding carboxylic acids is 2. The normalized spacial score (nSPS) is 23.7. The molecule has 2 amide bonds. The van der Waals surface area contributed by atoms with Gasteiger partial charge in [-0.25, -0.2) is 0 Å². The van der Waals surface area contributed by atoms with Gasteiger partial charge in [-0.15, -0.1) is 0 Å². The first kappa shape index (κ1) is 17.0. The van der Waals surface area contributed by atoms with Crippen LogP contribution >= 0.6 is 0 Å². The van der Waals surface area contributed by atoms with Crippen LogP contribution in [0.15, 0.2) is 24.3 Å². The average Bonchev–Trinajstić information content (AvgIpc) is 3.44. The van der Waals surface area contributed by atoms with Crippen molar-refractivity contribution in [2.45, 2.75) is 38.3 Å². The molecule has 130 valence electrons. The number of hydrogen-bond acceptors (Lipinski definition) is 3. The van der Waals surface area contributed by atoms with Gasteiger partial charge in [-0.2, -0.15) is 0 Å². The molecule has 0 spiro atoms. The number of amides is 2. The summed E-state index contributed by atoms with van der Waals surface area (Å²) in [6, 6.07) is 7.69. The molecule has 2 N–H and O–H groups in total. The third-order valence-electron chi connectivity index (χ3n) is 4.99. The van der Waals surface area contributed by atoms with Gasteiger partial charge in [-0.05, 0) is 57.0 Å². The highest BCUT2D eigenvalue weighted by atomic mass is 16.2. The van der Waals surface area contributed by atoms with Crippen molar-refractivity contribution in [3.05, 3.63) is 35.4 Å². The molecule has 0 radical (unpaired) electrons. The second-order valence-electron chi connectivity index (χ2n) is 7.71. The Morgan fingerprint density at radius 2 is 1.83 bits per heavy atom. The van der Waals surface area contributed by atoms with E-state index in [1.165, 1.54) is 5.56 Å². The predicted octanol–water partition coefficient (Wildman–Crippen LogP) is 1.78. The molecule has 2 aliphatic carbocycles. The quantitative estimate of drug-likeness (QED) is 0.802. The number of nitrogens with one attached hydrogen (secondary N) is 2. The lowest BCUT2D eigenvalue weighted by molar-refractivity contribution is -0.123. The molecular weight excluding hydrogens is 302 g/mol. The summed E-state index contributed by atoms with van der Waals surface area (Å²) >= 11 is 0. The number of benzene rings is 1. The van der Waals surface area contributed by atoms with Gasteiger partial charge < -0.3 is 15.5 Å². The van der Waals surface area contributed by atoms with E-state index in [-0.39, 0.29) is 23.3 Å². The van der Waals surface area contributed by atoms with Crippen LogP contribution in [0.5, 0.6) is 0 Å². The van der Waals surface area contributed by atoms with Crippen molar-refractivity contribution in [3.63, 3.8) is 0 Å². The summed E-state index contributed by atoms with van der Waals surface area (Å²) in [5.41, 5.74) is 1.64. The van der Waals surface area contributed by atoms with Crippen LogP contribution in [0.25, 0.3) is 0 Å². The highest BCUT2D eigenvalue weighted by Crippen LogP contribution is 2.41. The smallest absolute Gasteiger partial charge is 0.251 e. The molecular formula is C19H27N3O2. The lowest BCUT2D eigenvalue weighted by Crippen LogP contribution is -2.46. The molecule has 2 atom stereocenters. The first-order valence-corrected chi connectivity index (χ1v) is 8.72. The van der Waals surface area contributed by atoms with Crippen LogP contribution < -0.4 is 10.6 Å². The Morgan fingerprint density at radius 1 is 1.21 bits per heavy atom. The Kier molecular flexibility index (Phi) is 4.63. The number of hydrogen-bond donors (Lipinski definition) is 2. The Balaban J connectivity index is 1.49. The summed E-state index contributed by atoms with van der Waals surface area (Å²) in [5.74, 6) is 0.771. The molecule has 0 saturated heterocycles. The maximum atomic E-state index is 12.3.